The first-order valence-electron chi connectivity index (χ1n) is 5.79. The Morgan fingerprint density at radius 3 is 2.33 bits per heavy atom. The van der Waals surface area contributed by atoms with E-state index in [1.807, 2.05) is 6.07 Å². The highest BCUT2D eigenvalue weighted by Crippen LogP contribution is 2.23. The Balaban J connectivity index is 2.49. The fourth-order valence-electron chi connectivity index (χ4n) is 1.73. The van der Waals surface area contributed by atoms with Crippen LogP contribution in [0, 0.1) is 11.3 Å². The quantitative estimate of drug-likeness (QED) is 0.905. The number of benzene rings is 2. The third-order valence-corrected chi connectivity index (χ3v) is 4.42. The maximum Gasteiger partial charge on any atom is 0.409 e. The Morgan fingerprint density at radius 2 is 1.71 bits per heavy atom. The molecule has 0 spiro atoms. The molecule has 0 bridgehead atoms. The van der Waals surface area contributed by atoms with Gasteiger partial charge in [-0.15, -0.1) is 0 Å². The van der Waals surface area contributed by atoms with E-state index in [1.54, 1.807) is 0 Å². The molecule has 0 atom stereocenters. The first kappa shape index (κ1) is 14.6. The Labute approximate surface area is 121 Å². The number of amides is 1. The molecular weight excluding hydrogens is 292 g/mol. The van der Waals surface area contributed by atoms with Crippen molar-refractivity contribution in [3.05, 3.63) is 54.1 Å². The monoisotopic (exact) mass is 302 g/mol. The highest BCUT2D eigenvalue weighted by atomic mass is 32.2. The molecule has 0 fully saturated rings. The molecule has 0 aromatic heterocycles. The van der Waals surface area contributed by atoms with Crippen molar-refractivity contribution in [2.75, 3.05) is 5.32 Å². The summed E-state index contributed by atoms with van der Waals surface area (Å²) >= 11 is 0. The minimum Gasteiger partial charge on any atom is -0.465 e. The number of hydrogen-bond acceptors (Lipinski definition) is 4. The van der Waals surface area contributed by atoms with Crippen molar-refractivity contribution in [3.8, 4) is 6.07 Å². The van der Waals surface area contributed by atoms with E-state index < -0.39 is 15.9 Å². The van der Waals surface area contributed by atoms with E-state index in [9.17, 15) is 13.2 Å². The average Bonchev–Trinajstić information content (AvgIpc) is 2.47. The van der Waals surface area contributed by atoms with Crippen LogP contribution >= 0.6 is 0 Å². The minimum atomic E-state index is -3.81. The van der Waals surface area contributed by atoms with Crippen molar-refractivity contribution in [1.29, 1.82) is 5.26 Å². The van der Waals surface area contributed by atoms with Gasteiger partial charge in [0.2, 0.25) is 9.84 Å². The molecule has 0 saturated heterocycles. The molecule has 2 N–H and O–H groups in total. The number of nitrogens with zero attached hydrogens (tertiary/aromatic N) is 1. The maximum absolute atomic E-state index is 12.5. The SMILES string of the molecule is N#Cc1cccc(S(=O)(=O)c2cccc(NC(=O)O)c2)c1. The molecule has 7 heteroatoms. The van der Waals surface area contributed by atoms with Crippen molar-refractivity contribution in [3.63, 3.8) is 0 Å². The molecule has 21 heavy (non-hydrogen) atoms. The molecule has 0 aliphatic carbocycles. The lowest BCUT2D eigenvalue weighted by Crippen LogP contribution is -2.08. The van der Waals surface area contributed by atoms with Gasteiger partial charge in [0, 0.05) is 5.69 Å². The number of sulfone groups is 1. The molecule has 0 unspecified atom stereocenters. The van der Waals surface area contributed by atoms with E-state index in [2.05, 4.69) is 5.32 Å². The lowest BCUT2D eigenvalue weighted by atomic mass is 10.2. The van der Waals surface area contributed by atoms with Crippen LogP contribution in [-0.4, -0.2) is 19.6 Å². The zero-order valence-corrected chi connectivity index (χ0v) is 11.5. The third kappa shape index (κ3) is 3.19. The summed E-state index contributed by atoms with van der Waals surface area (Å²) in [7, 11) is -3.81. The van der Waals surface area contributed by atoms with Crippen LogP contribution in [0.4, 0.5) is 10.5 Å². The van der Waals surface area contributed by atoms with E-state index in [0.29, 0.717) is 0 Å². The van der Waals surface area contributed by atoms with E-state index in [1.165, 1.54) is 48.5 Å². The van der Waals surface area contributed by atoms with Gasteiger partial charge in [-0.1, -0.05) is 12.1 Å². The largest absolute Gasteiger partial charge is 0.465 e. The predicted octanol–water partition coefficient (Wildman–Crippen LogP) is 2.48. The minimum absolute atomic E-state index is 0.0194. The first-order chi connectivity index (χ1) is 9.93. The fraction of sp³-hybridized carbons (Fsp3) is 0. The highest BCUT2D eigenvalue weighted by Gasteiger charge is 2.18. The normalized spacial score (nSPS) is 10.6. The zero-order valence-electron chi connectivity index (χ0n) is 10.6. The zero-order chi connectivity index (χ0) is 15.5. The summed E-state index contributed by atoms with van der Waals surface area (Å²) < 4.78 is 24.9. The first-order valence-corrected chi connectivity index (χ1v) is 7.27. The Hall–Kier alpha value is -2.85. The summed E-state index contributed by atoms with van der Waals surface area (Å²) in [4.78, 5) is 10.5. The van der Waals surface area contributed by atoms with E-state index in [4.69, 9.17) is 10.4 Å². The number of rotatable bonds is 3. The summed E-state index contributed by atoms with van der Waals surface area (Å²) in [5.41, 5.74) is 0.385. The van der Waals surface area contributed by atoms with Gasteiger partial charge in [0.25, 0.3) is 0 Å². The molecule has 0 aliphatic rings. The van der Waals surface area contributed by atoms with Crippen LogP contribution in [0.5, 0.6) is 0 Å². The van der Waals surface area contributed by atoms with Gasteiger partial charge in [-0.2, -0.15) is 5.26 Å². The second-order valence-corrected chi connectivity index (χ2v) is 6.05. The smallest absolute Gasteiger partial charge is 0.409 e. The number of nitrogens with one attached hydrogen (secondary N) is 1. The summed E-state index contributed by atoms with van der Waals surface area (Å²) in [6.45, 7) is 0. The summed E-state index contributed by atoms with van der Waals surface area (Å²) in [5, 5.41) is 19.6. The topological polar surface area (TPSA) is 107 Å². The van der Waals surface area contributed by atoms with Gasteiger partial charge in [-0.05, 0) is 36.4 Å². The number of carboxylic acid groups (broad SMARTS) is 1. The maximum atomic E-state index is 12.5. The van der Waals surface area contributed by atoms with Crippen molar-refractivity contribution < 1.29 is 18.3 Å². The van der Waals surface area contributed by atoms with Gasteiger partial charge >= 0.3 is 6.09 Å². The summed E-state index contributed by atoms with van der Waals surface area (Å²) in [6.07, 6.45) is -1.28. The van der Waals surface area contributed by atoms with E-state index in [0.717, 1.165) is 0 Å². The standard InChI is InChI=1S/C14H10N2O4S/c15-9-10-3-1-5-12(7-10)21(19,20)13-6-2-4-11(8-13)16-14(17)18/h1-8,16H,(H,17,18). The lowest BCUT2D eigenvalue weighted by Gasteiger charge is -2.07. The van der Waals surface area contributed by atoms with Crippen LogP contribution < -0.4 is 5.32 Å². The molecule has 6 nitrogen and oxygen atoms in total. The van der Waals surface area contributed by atoms with Crippen LogP contribution in [0.25, 0.3) is 0 Å². The van der Waals surface area contributed by atoms with Gasteiger partial charge in [0.1, 0.15) is 0 Å². The van der Waals surface area contributed by atoms with Crippen LogP contribution in [0.1, 0.15) is 5.56 Å². The Morgan fingerprint density at radius 1 is 1.10 bits per heavy atom. The molecule has 2 aromatic rings. The molecule has 2 rings (SSSR count). The molecule has 106 valence electrons. The molecular formula is C14H10N2O4S. The van der Waals surface area contributed by atoms with Gasteiger partial charge < -0.3 is 5.11 Å². The second-order valence-electron chi connectivity index (χ2n) is 4.10. The third-order valence-electron chi connectivity index (χ3n) is 2.67. The van der Waals surface area contributed by atoms with Crippen LogP contribution in [0.15, 0.2) is 58.3 Å². The van der Waals surface area contributed by atoms with E-state index >= 15 is 0 Å². The molecule has 0 heterocycles. The highest BCUT2D eigenvalue weighted by molar-refractivity contribution is 7.91. The predicted molar refractivity (Wildman–Crippen MR) is 74.7 cm³/mol. The van der Waals surface area contributed by atoms with Crippen molar-refractivity contribution in [2.24, 2.45) is 0 Å². The van der Waals surface area contributed by atoms with Gasteiger partial charge in [-0.3, -0.25) is 5.32 Å². The molecule has 0 aliphatic heterocycles. The van der Waals surface area contributed by atoms with Gasteiger partial charge in [-0.25, -0.2) is 13.2 Å². The van der Waals surface area contributed by atoms with Gasteiger partial charge in [0.05, 0.1) is 21.4 Å². The van der Waals surface area contributed by atoms with Crippen molar-refractivity contribution in [1.82, 2.24) is 0 Å². The lowest BCUT2D eigenvalue weighted by molar-refractivity contribution is 0.209. The fourth-order valence-corrected chi connectivity index (χ4v) is 3.09. The molecule has 1 amide bonds. The van der Waals surface area contributed by atoms with Crippen molar-refractivity contribution in [2.45, 2.75) is 9.79 Å². The van der Waals surface area contributed by atoms with E-state index in [-0.39, 0.29) is 21.0 Å². The molecule has 0 saturated carbocycles. The Kier molecular flexibility index (Phi) is 3.91. The van der Waals surface area contributed by atoms with Crippen LogP contribution in [0.3, 0.4) is 0 Å². The average molecular weight is 302 g/mol. The number of anilines is 1. The molecule has 0 radical (unpaired) electrons. The van der Waals surface area contributed by atoms with Crippen molar-refractivity contribution >= 4 is 21.6 Å². The van der Waals surface area contributed by atoms with Crippen LogP contribution in [0.2, 0.25) is 0 Å². The van der Waals surface area contributed by atoms with Gasteiger partial charge in [0.15, 0.2) is 0 Å². The van der Waals surface area contributed by atoms with Crippen LogP contribution in [-0.2, 0) is 9.84 Å². The molecule has 2 aromatic carbocycles. The summed E-state index contributed by atoms with van der Waals surface area (Å²) in [5.74, 6) is 0. The second kappa shape index (κ2) is 5.64. The Bertz CT molecular complexity index is 838. The summed E-state index contributed by atoms with van der Waals surface area (Å²) in [6, 6.07) is 13.0. The number of carbonyl (C=O) groups is 1. The number of hydrogen-bond donors (Lipinski definition) is 2. The number of nitriles is 1.